The second-order valence-corrected chi connectivity index (χ2v) is 1.55. The van der Waals surface area contributed by atoms with Crippen molar-refractivity contribution in [1.82, 2.24) is 4.98 Å². The van der Waals surface area contributed by atoms with Gasteiger partial charge < -0.3 is 4.74 Å². The van der Waals surface area contributed by atoms with E-state index in [9.17, 15) is 0 Å². The van der Waals surface area contributed by atoms with E-state index in [1.165, 1.54) is 0 Å². The van der Waals surface area contributed by atoms with E-state index < -0.39 is 0 Å². The summed E-state index contributed by atoms with van der Waals surface area (Å²) in [6, 6.07) is 3.49. The Bertz CT molecular complexity index is 215. The Morgan fingerprint density at radius 1 is 1.89 bits per heavy atom. The fourth-order valence-electron chi connectivity index (χ4n) is 0.548. The number of hydrogen-bond acceptors (Lipinski definition) is 2. The van der Waals surface area contributed by atoms with Crippen LogP contribution in [-0.2, 0) is 0 Å². The molecule has 48 valence electrons. The normalized spacial score (nSPS) is 10.6. The van der Waals surface area contributed by atoms with Crippen molar-refractivity contribution >= 4 is 0 Å². The number of pyridine rings is 1. The van der Waals surface area contributed by atoms with E-state index in [2.05, 4.69) is 4.98 Å². The number of ether oxygens (including phenoxy) is 1. The van der Waals surface area contributed by atoms with Gasteiger partial charge in [-0.3, -0.25) is 4.98 Å². The third kappa shape index (κ3) is 1.72. The van der Waals surface area contributed by atoms with E-state index in [0.717, 1.165) is 0 Å². The average molecular weight is 124 g/mol. The second kappa shape index (κ2) is 3.07. The quantitative estimate of drug-likeness (QED) is 0.595. The number of aromatic nitrogens is 1. The smallest absolute Gasteiger partial charge is 0.137 e. The third-order valence-corrected chi connectivity index (χ3v) is 0.883. The van der Waals surface area contributed by atoms with Gasteiger partial charge in [-0.15, -0.1) is 0 Å². The molecule has 0 saturated carbocycles. The van der Waals surface area contributed by atoms with E-state index in [-0.39, 0.29) is 6.17 Å². The van der Waals surface area contributed by atoms with Gasteiger partial charge in [0.25, 0.3) is 0 Å². The van der Waals surface area contributed by atoms with Crippen LogP contribution in [0, 0.1) is 0 Å². The van der Waals surface area contributed by atoms with E-state index in [4.69, 9.17) is 6.11 Å². The van der Waals surface area contributed by atoms with Gasteiger partial charge in [0.1, 0.15) is 5.75 Å². The summed E-state index contributed by atoms with van der Waals surface area (Å²) in [7, 11) is 0. The molecule has 0 atom stereocenters. The zero-order chi connectivity index (χ0) is 7.40. The summed E-state index contributed by atoms with van der Waals surface area (Å²) in [5, 5.41) is 0. The summed E-state index contributed by atoms with van der Waals surface area (Å²) in [4.78, 5) is 3.74. The molecule has 2 nitrogen and oxygen atoms in total. The van der Waals surface area contributed by atoms with Crippen LogP contribution in [0.3, 0.4) is 0 Å². The van der Waals surface area contributed by atoms with E-state index in [1.54, 1.807) is 18.3 Å². The molecule has 0 bridgehead atoms. The van der Waals surface area contributed by atoms with Gasteiger partial charge in [0.15, 0.2) is 0 Å². The summed E-state index contributed by atoms with van der Waals surface area (Å²) in [5.74, 6) is 0.546. The highest BCUT2D eigenvalue weighted by molar-refractivity contribution is 5.14. The predicted octanol–water partition coefficient (Wildman–Crippen LogP) is 1.48. The molecular formula is C7H9NO. The van der Waals surface area contributed by atoms with Crippen molar-refractivity contribution in [3.8, 4) is 5.75 Å². The second-order valence-electron chi connectivity index (χ2n) is 1.55. The van der Waals surface area contributed by atoms with E-state index in [0.29, 0.717) is 12.4 Å². The van der Waals surface area contributed by atoms with E-state index >= 15 is 0 Å². The fraction of sp³-hybridized carbons (Fsp3) is 0.286. The van der Waals surface area contributed by atoms with Crippen molar-refractivity contribution in [3.63, 3.8) is 0 Å². The van der Waals surface area contributed by atoms with Crippen LogP contribution in [-0.4, -0.2) is 11.6 Å². The fourth-order valence-corrected chi connectivity index (χ4v) is 0.548. The van der Waals surface area contributed by atoms with Crippen LogP contribution < -0.4 is 4.74 Å². The minimum absolute atomic E-state index is 0.198. The maximum Gasteiger partial charge on any atom is 0.137 e. The first-order valence-corrected chi connectivity index (χ1v) is 2.89. The molecule has 0 aliphatic carbocycles. The lowest BCUT2D eigenvalue weighted by Gasteiger charge is -1.98. The van der Waals surface area contributed by atoms with Crippen molar-refractivity contribution in [2.45, 2.75) is 6.92 Å². The van der Waals surface area contributed by atoms with E-state index in [1.807, 2.05) is 6.92 Å². The molecule has 1 rings (SSSR count). The molecule has 9 heavy (non-hydrogen) atoms. The van der Waals surface area contributed by atoms with Gasteiger partial charge in [0.05, 0.1) is 14.2 Å². The van der Waals surface area contributed by atoms with Crippen molar-refractivity contribution in [2.24, 2.45) is 0 Å². The molecule has 1 heterocycles. The molecule has 1 aromatic heterocycles. The Hall–Kier alpha value is -1.05. The maximum absolute atomic E-state index is 7.24. The highest BCUT2D eigenvalue weighted by Gasteiger charge is 1.84. The van der Waals surface area contributed by atoms with Gasteiger partial charge in [-0.1, -0.05) is 0 Å². The zero-order valence-electron chi connectivity index (χ0n) is 6.29. The number of rotatable bonds is 2. The Balaban J connectivity index is 2.81. The van der Waals surface area contributed by atoms with Crippen LogP contribution >= 0.6 is 0 Å². The molecule has 0 N–H and O–H groups in total. The van der Waals surface area contributed by atoms with Gasteiger partial charge in [-0.25, -0.2) is 0 Å². The molecule has 0 radical (unpaired) electrons. The lowest BCUT2D eigenvalue weighted by molar-refractivity contribution is 0.339. The summed E-state index contributed by atoms with van der Waals surface area (Å²) in [5.41, 5.74) is 0. The highest BCUT2D eigenvalue weighted by Crippen LogP contribution is 2.04. The van der Waals surface area contributed by atoms with Crippen LogP contribution in [0.5, 0.6) is 5.75 Å². The molecule has 0 amide bonds. The standard InChI is InChI=1S/C7H9NO/c1-2-9-7-4-3-5-8-6-7/h3-6H,2H2,1H3/i6D. The molecule has 1 aromatic rings. The minimum atomic E-state index is 0.198. The Morgan fingerprint density at radius 3 is 3.44 bits per heavy atom. The summed E-state index contributed by atoms with van der Waals surface area (Å²) < 4.78 is 12.3. The van der Waals surface area contributed by atoms with Gasteiger partial charge in [0, 0.05) is 6.20 Å². The lowest BCUT2D eigenvalue weighted by atomic mass is 10.5. The lowest BCUT2D eigenvalue weighted by Crippen LogP contribution is -1.90. The first-order valence-electron chi connectivity index (χ1n) is 3.39. The topological polar surface area (TPSA) is 22.1 Å². The zero-order valence-corrected chi connectivity index (χ0v) is 5.29. The Morgan fingerprint density at radius 2 is 2.78 bits per heavy atom. The molecule has 0 unspecified atom stereocenters. The highest BCUT2D eigenvalue weighted by atomic mass is 16.5. The third-order valence-electron chi connectivity index (χ3n) is 0.883. The largest absolute Gasteiger partial charge is 0.492 e. The predicted molar refractivity (Wildman–Crippen MR) is 35.4 cm³/mol. The van der Waals surface area contributed by atoms with Gasteiger partial charge >= 0.3 is 0 Å². The first-order chi connectivity index (χ1) is 4.84. The molecule has 0 spiro atoms. The van der Waals surface area contributed by atoms with Gasteiger partial charge in [-0.2, -0.15) is 0 Å². The van der Waals surface area contributed by atoms with Gasteiger partial charge in [0.2, 0.25) is 0 Å². The Labute approximate surface area is 55.9 Å². The monoisotopic (exact) mass is 124 g/mol. The molecular weight excluding hydrogens is 114 g/mol. The molecule has 0 aliphatic heterocycles. The Kier molecular flexibility index (Phi) is 1.64. The summed E-state index contributed by atoms with van der Waals surface area (Å²) in [6.45, 7) is 2.46. The SMILES string of the molecule is [2H]c1ncccc1OCC. The van der Waals surface area contributed by atoms with Crippen molar-refractivity contribution in [3.05, 3.63) is 24.5 Å². The first kappa shape index (κ1) is 4.79. The molecule has 0 fully saturated rings. The summed E-state index contributed by atoms with van der Waals surface area (Å²) >= 11 is 0. The van der Waals surface area contributed by atoms with Crippen molar-refractivity contribution in [1.29, 1.82) is 0 Å². The van der Waals surface area contributed by atoms with Crippen molar-refractivity contribution < 1.29 is 6.11 Å². The number of nitrogens with zero attached hydrogens (tertiary/aromatic N) is 1. The van der Waals surface area contributed by atoms with Crippen LogP contribution in [0.2, 0.25) is 0 Å². The van der Waals surface area contributed by atoms with Crippen LogP contribution in [0.4, 0.5) is 0 Å². The van der Waals surface area contributed by atoms with Crippen LogP contribution in [0.1, 0.15) is 8.29 Å². The summed E-state index contributed by atoms with van der Waals surface area (Å²) in [6.07, 6.45) is 1.77. The molecule has 2 heteroatoms. The molecule has 0 aliphatic rings. The van der Waals surface area contributed by atoms with Crippen LogP contribution in [0.15, 0.2) is 24.5 Å². The van der Waals surface area contributed by atoms with Gasteiger partial charge in [-0.05, 0) is 19.1 Å². The van der Waals surface area contributed by atoms with Crippen LogP contribution in [0.25, 0.3) is 0 Å². The average Bonchev–Trinajstić information content (AvgIpc) is 1.94. The molecule has 0 aromatic carbocycles. The van der Waals surface area contributed by atoms with Crippen molar-refractivity contribution in [2.75, 3.05) is 6.61 Å². The minimum Gasteiger partial charge on any atom is -0.492 e. The number of hydrogen-bond donors (Lipinski definition) is 0. The maximum atomic E-state index is 7.24. The molecule has 0 saturated heterocycles.